The van der Waals surface area contributed by atoms with E-state index in [2.05, 4.69) is 10.2 Å². The molecule has 0 radical (unpaired) electrons. The molecule has 1 unspecified atom stereocenters. The molecule has 0 spiro atoms. The molecule has 3 rings (SSSR count). The molecule has 1 N–H and O–H groups in total. The molecule has 0 amide bonds. The van der Waals surface area contributed by atoms with Crippen molar-refractivity contribution in [3.8, 4) is 5.75 Å². The molecule has 0 aromatic heterocycles. The molecule has 3 nitrogen and oxygen atoms in total. The number of rotatable bonds is 4. The van der Waals surface area contributed by atoms with E-state index in [0.29, 0.717) is 16.3 Å². The molecule has 0 bridgehead atoms. The molecule has 1 saturated heterocycles. The first-order chi connectivity index (χ1) is 12.9. The van der Waals surface area contributed by atoms with E-state index in [-0.39, 0.29) is 6.04 Å². The minimum absolute atomic E-state index is 0.334. The molecule has 1 atom stereocenters. The number of nitrogens with zero attached hydrogens (tertiary/aromatic N) is 1. The maximum atomic E-state index is 13.3. The van der Waals surface area contributed by atoms with E-state index in [9.17, 15) is 13.2 Å². The summed E-state index contributed by atoms with van der Waals surface area (Å²) in [5.41, 5.74) is 0.672. The molecule has 0 aliphatic carbocycles. The Bertz CT molecular complexity index is 757. The number of hydrogen-bond donors (Lipinski definition) is 1. The lowest BCUT2D eigenvalue weighted by Crippen LogP contribution is -2.33. The van der Waals surface area contributed by atoms with Gasteiger partial charge in [-0.25, -0.2) is 0 Å². The Morgan fingerprint density at radius 1 is 1.07 bits per heavy atom. The molecule has 1 fully saturated rings. The summed E-state index contributed by atoms with van der Waals surface area (Å²) < 4.78 is 45.1. The van der Waals surface area contributed by atoms with Gasteiger partial charge in [-0.15, -0.1) is 0 Å². The van der Waals surface area contributed by atoms with Crippen molar-refractivity contribution in [2.45, 2.75) is 18.6 Å². The average molecular weight is 399 g/mol. The Labute approximate surface area is 162 Å². The Kier molecular flexibility index (Phi) is 6.29. The van der Waals surface area contributed by atoms with Crippen LogP contribution in [0.2, 0.25) is 5.02 Å². The van der Waals surface area contributed by atoms with Gasteiger partial charge in [0.05, 0.1) is 18.7 Å². The SMILES string of the molecule is COc1ccc(C(c2cc(C(F)(F)F)ccc2Cl)N2CCCNCC2)cc1. The standard InChI is InChI=1S/C20H22ClF3N2O/c1-27-16-6-3-14(4-7-16)19(26-11-2-9-25-10-12-26)17-13-15(20(22,23)24)5-8-18(17)21/h3-8,13,19,25H,2,9-12H2,1H3. The number of nitrogens with one attached hydrogen (secondary N) is 1. The summed E-state index contributed by atoms with van der Waals surface area (Å²) in [7, 11) is 1.58. The van der Waals surface area contributed by atoms with Crippen LogP contribution in [0.4, 0.5) is 13.2 Å². The zero-order valence-corrected chi connectivity index (χ0v) is 15.8. The van der Waals surface area contributed by atoms with E-state index in [4.69, 9.17) is 16.3 Å². The van der Waals surface area contributed by atoms with Crippen LogP contribution in [0.1, 0.15) is 29.2 Å². The predicted octanol–water partition coefficient (Wildman–Crippen LogP) is 4.75. The van der Waals surface area contributed by atoms with Crippen molar-refractivity contribution in [1.29, 1.82) is 0 Å². The van der Waals surface area contributed by atoms with Gasteiger partial charge in [0.25, 0.3) is 0 Å². The van der Waals surface area contributed by atoms with Crippen molar-refractivity contribution in [2.24, 2.45) is 0 Å². The first kappa shape index (κ1) is 20.0. The van der Waals surface area contributed by atoms with Crippen molar-refractivity contribution in [2.75, 3.05) is 33.3 Å². The maximum absolute atomic E-state index is 13.3. The monoisotopic (exact) mass is 398 g/mol. The second-order valence-corrected chi connectivity index (χ2v) is 6.96. The number of halogens is 4. The average Bonchev–Trinajstić information content (AvgIpc) is 2.92. The first-order valence-electron chi connectivity index (χ1n) is 8.85. The fraction of sp³-hybridized carbons (Fsp3) is 0.400. The third kappa shape index (κ3) is 4.75. The lowest BCUT2D eigenvalue weighted by atomic mass is 9.95. The highest BCUT2D eigenvalue weighted by Crippen LogP contribution is 2.38. The van der Waals surface area contributed by atoms with Crippen molar-refractivity contribution >= 4 is 11.6 Å². The van der Waals surface area contributed by atoms with Crippen LogP contribution in [0, 0.1) is 0 Å². The number of hydrogen-bond acceptors (Lipinski definition) is 3. The van der Waals surface area contributed by atoms with Gasteiger partial charge in [-0.05, 0) is 54.4 Å². The minimum Gasteiger partial charge on any atom is -0.497 e. The summed E-state index contributed by atoms with van der Waals surface area (Å²) in [4.78, 5) is 2.18. The summed E-state index contributed by atoms with van der Waals surface area (Å²) in [6.07, 6.45) is -3.49. The van der Waals surface area contributed by atoms with Gasteiger partial charge in [-0.2, -0.15) is 13.2 Å². The Morgan fingerprint density at radius 3 is 2.48 bits per heavy atom. The Balaban J connectivity index is 2.08. The van der Waals surface area contributed by atoms with E-state index in [1.165, 1.54) is 12.1 Å². The summed E-state index contributed by atoms with van der Waals surface area (Å²) in [6.45, 7) is 3.17. The van der Waals surface area contributed by atoms with Gasteiger partial charge in [-0.1, -0.05) is 23.7 Å². The summed E-state index contributed by atoms with van der Waals surface area (Å²) in [5, 5.41) is 3.66. The quantitative estimate of drug-likeness (QED) is 0.804. The highest BCUT2D eigenvalue weighted by molar-refractivity contribution is 6.31. The van der Waals surface area contributed by atoms with E-state index in [1.54, 1.807) is 7.11 Å². The van der Waals surface area contributed by atoms with Gasteiger partial charge in [0.15, 0.2) is 0 Å². The van der Waals surface area contributed by atoms with Crippen LogP contribution in [0.3, 0.4) is 0 Å². The number of alkyl halides is 3. The fourth-order valence-electron chi connectivity index (χ4n) is 3.43. The highest BCUT2D eigenvalue weighted by atomic mass is 35.5. The van der Waals surface area contributed by atoms with Gasteiger partial charge in [0.2, 0.25) is 0 Å². The van der Waals surface area contributed by atoms with Crippen molar-refractivity contribution in [3.63, 3.8) is 0 Å². The molecule has 27 heavy (non-hydrogen) atoms. The molecule has 1 aliphatic heterocycles. The number of methoxy groups -OCH3 is 1. The van der Waals surface area contributed by atoms with Gasteiger partial charge in [0, 0.05) is 24.7 Å². The molecule has 1 heterocycles. The molecular formula is C20H22ClF3N2O. The van der Waals surface area contributed by atoms with Crippen molar-refractivity contribution < 1.29 is 17.9 Å². The van der Waals surface area contributed by atoms with Gasteiger partial charge < -0.3 is 10.1 Å². The Morgan fingerprint density at radius 2 is 1.81 bits per heavy atom. The normalized spacial score (nSPS) is 17.4. The van der Waals surface area contributed by atoms with Crippen LogP contribution >= 0.6 is 11.6 Å². The van der Waals surface area contributed by atoms with Crippen LogP contribution in [0.5, 0.6) is 5.75 Å². The topological polar surface area (TPSA) is 24.5 Å². The maximum Gasteiger partial charge on any atom is 0.416 e. The van der Waals surface area contributed by atoms with Crippen molar-refractivity contribution in [1.82, 2.24) is 10.2 Å². The molecule has 0 saturated carbocycles. The number of ether oxygens (including phenoxy) is 1. The lowest BCUT2D eigenvalue weighted by molar-refractivity contribution is -0.137. The summed E-state index contributed by atoms with van der Waals surface area (Å²) in [6, 6.07) is 10.6. The molecule has 2 aromatic rings. The van der Waals surface area contributed by atoms with E-state index >= 15 is 0 Å². The predicted molar refractivity (Wildman–Crippen MR) is 100 cm³/mol. The highest BCUT2D eigenvalue weighted by Gasteiger charge is 2.33. The smallest absolute Gasteiger partial charge is 0.416 e. The zero-order valence-electron chi connectivity index (χ0n) is 15.0. The third-order valence-corrected chi connectivity index (χ3v) is 5.13. The largest absolute Gasteiger partial charge is 0.497 e. The summed E-state index contributed by atoms with van der Waals surface area (Å²) >= 11 is 6.38. The van der Waals surface area contributed by atoms with E-state index in [1.807, 2.05) is 24.3 Å². The zero-order chi connectivity index (χ0) is 19.4. The minimum atomic E-state index is -4.41. The van der Waals surface area contributed by atoms with Gasteiger partial charge >= 0.3 is 6.18 Å². The third-order valence-electron chi connectivity index (χ3n) is 4.79. The second-order valence-electron chi connectivity index (χ2n) is 6.55. The van der Waals surface area contributed by atoms with Crippen LogP contribution in [-0.4, -0.2) is 38.2 Å². The van der Waals surface area contributed by atoms with Crippen LogP contribution in [0.15, 0.2) is 42.5 Å². The van der Waals surface area contributed by atoms with Gasteiger partial charge in [0.1, 0.15) is 5.75 Å². The van der Waals surface area contributed by atoms with Crippen LogP contribution in [-0.2, 0) is 6.18 Å². The molecule has 7 heteroatoms. The van der Waals surface area contributed by atoms with Gasteiger partial charge in [-0.3, -0.25) is 4.90 Å². The molecular weight excluding hydrogens is 377 g/mol. The molecule has 1 aliphatic rings. The second kappa shape index (κ2) is 8.50. The van der Waals surface area contributed by atoms with E-state index in [0.717, 1.165) is 44.2 Å². The molecule has 146 valence electrons. The number of benzene rings is 2. The van der Waals surface area contributed by atoms with Crippen molar-refractivity contribution in [3.05, 3.63) is 64.2 Å². The lowest BCUT2D eigenvalue weighted by Gasteiger charge is -2.32. The van der Waals surface area contributed by atoms with E-state index < -0.39 is 11.7 Å². The van der Waals surface area contributed by atoms with Crippen LogP contribution < -0.4 is 10.1 Å². The fourth-order valence-corrected chi connectivity index (χ4v) is 3.65. The Hall–Kier alpha value is -1.76. The van der Waals surface area contributed by atoms with Crippen LogP contribution in [0.25, 0.3) is 0 Å². The first-order valence-corrected chi connectivity index (χ1v) is 9.23. The summed E-state index contributed by atoms with van der Waals surface area (Å²) in [5.74, 6) is 0.699. The molecule has 2 aromatic carbocycles.